The molecule has 0 N–H and O–H groups in total. The SMILES string of the molecule is CC1CN(C[C@H]2CO2)CCCO1. The summed E-state index contributed by atoms with van der Waals surface area (Å²) in [7, 11) is 0. The van der Waals surface area contributed by atoms with Gasteiger partial charge in [-0.1, -0.05) is 0 Å². The van der Waals surface area contributed by atoms with E-state index in [1.54, 1.807) is 0 Å². The fraction of sp³-hybridized carbons (Fsp3) is 1.00. The van der Waals surface area contributed by atoms with Crippen molar-refractivity contribution in [1.82, 2.24) is 4.90 Å². The monoisotopic (exact) mass is 171 g/mol. The van der Waals surface area contributed by atoms with Gasteiger partial charge in [-0.15, -0.1) is 0 Å². The second-order valence-electron chi connectivity index (χ2n) is 3.75. The third kappa shape index (κ3) is 2.44. The Balaban J connectivity index is 1.77. The molecule has 0 aromatic heterocycles. The lowest BCUT2D eigenvalue weighted by atomic mass is 10.3. The van der Waals surface area contributed by atoms with Gasteiger partial charge in [0.1, 0.15) is 0 Å². The highest BCUT2D eigenvalue weighted by atomic mass is 16.6. The van der Waals surface area contributed by atoms with E-state index in [0.29, 0.717) is 12.2 Å². The molecule has 2 fully saturated rings. The van der Waals surface area contributed by atoms with Crippen molar-refractivity contribution in [2.24, 2.45) is 0 Å². The highest BCUT2D eigenvalue weighted by Gasteiger charge is 2.26. The first kappa shape index (κ1) is 8.48. The maximum atomic E-state index is 5.55. The Morgan fingerprint density at radius 2 is 2.25 bits per heavy atom. The van der Waals surface area contributed by atoms with Gasteiger partial charge in [0.05, 0.1) is 18.8 Å². The van der Waals surface area contributed by atoms with Gasteiger partial charge in [-0.2, -0.15) is 0 Å². The largest absolute Gasteiger partial charge is 0.377 e. The summed E-state index contributed by atoms with van der Waals surface area (Å²) in [6.45, 7) is 7.37. The fourth-order valence-corrected chi connectivity index (χ4v) is 1.71. The molecule has 3 heteroatoms. The molecule has 0 radical (unpaired) electrons. The lowest BCUT2D eigenvalue weighted by Gasteiger charge is -2.20. The van der Waals surface area contributed by atoms with E-state index < -0.39 is 0 Å². The third-order valence-electron chi connectivity index (χ3n) is 2.40. The normalized spacial score (nSPS) is 37.8. The Hall–Kier alpha value is -0.120. The summed E-state index contributed by atoms with van der Waals surface area (Å²) in [6.07, 6.45) is 2.08. The number of epoxide rings is 1. The maximum absolute atomic E-state index is 5.55. The molecule has 0 saturated carbocycles. The molecule has 0 spiro atoms. The van der Waals surface area contributed by atoms with Crippen LogP contribution in [0, 0.1) is 0 Å². The Morgan fingerprint density at radius 1 is 1.42 bits per heavy atom. The smallest absolute Gasteiger partial charge is 0.0936 e. The Kier molecular flexibility index (Phi) is 2.63. The summed E-state index contributed by atoms with van der Waals surface area (Å²) in [4.78, 5) is 2.45. The average molecular weight is 171 g/mol. The number of hydrogen-bond acceptors (Lipinski definition) is 3. The van der Waals surface area contributed by atoms with Gasteiger partial charge in [-0.05, 0) is 13.3 Å². The van der Waals surface area contributed by atoms with Crippen LogP contribution in [0.5, 0.6) is 0 Å². The molecule has 0 aromatic rings. The molecule has 0 amide bonds. The topological polar surface area (TPSA) is 25.0 Å². The number of rotatable bonds is 2. The molecule has 2 aliphatic rings. The van der Waals surface area contributed by atoms with Crippen molar-refractivity contribution in [3.8, 4) is 0 Å². The van der Waals surface area contributed by atoms with E-state index in [9.17, 15) is 0 Å². The molecule has 0 bridgehead atoms. The van der Waals surface area contributed by atoms with Crippen LogP contribution >= 0.6 is 0 Å². The van der Waals surface area contributed by atoms with E-state index in [2.05, 4.69) is 11.8 Å². The minimum atomic E-state index is 0.395. The molecule has 0 aliphatic carbocycles. The first-order valence-electron chi connectivity index (χ1n) is 4.80. The molecule has 70 valence electrons. The van der Waals surface area contributed by atoms with Crippen molar-refractivity contribution in [2.75, 3.05) is 32.8 Å². The lowest BCUT2D eigenvalue weighted by molar-refractivity contribution is 0.0668. The second kappa shape index (κ2) is 3.73. The molecule has 2 heterocycles. The fourth-order valence-electron chi connectivity index (χ4n) is 1.71. The maximum Gasteiger partial charge on any atom is 0.0936 e. The molecular formula is C9H17NO2. The third-order valence-corrected chi connectivity index (χ3v) is 2.40. The Bertz CT molecular complexity index is 147. The first-order valence-corrected chi connectivity index (χ1v) is 4.80. The van der Waals surface area contributed by atoms with E-state index in [1.807, 2.05) is 0 Å². The second-order valence-corrected chi connectivity index (χ2v) is 3.75. The zero-order valence-corrected chi connectivity index (χ0v) is 7.66. The van der Waals surface area contributed by atoms with Crippen molar-refractivity contribution in [1.29, 1.82) is 0 Å². The van der Waals surface area contributed by atoms with Crippen LogP contribution in [-0.2, 0) is 9.47 Å². The molecule has 2 atom stereocenters. The summed E-state index contributed by atoms with van der Waals surface area (Å²) in [6, 6.07) is 0. The van der Waals surface area contributed by atoms with E-state index >= 15 is 0 Å². The average Bonchev–Trinajstić information content (AvgIpc) is 2.80. The standard InChI is InChI=1S/C9H17NO2/c1-8-5-10(3-2-4-11-8)6-9-7-12-9/h8-9H,2-7H2,1H3/t8?,9-/m0/s1. The molecule has 12 heavy (non-hydrogen) atoms. The van der Waals surface area contributed by atoms with Crippen LogP contribution < -0.4 is 0 Å². The van der Waals surface area contributed by atoms with Crippen LogP contribution in [0.1, 0.15) is 13.3 Å². The minimum Gasteiger partial charge on any atom is -0.377 e. The van der Waals surface area contributed by atoms with Crippen molar-refractivity contribution in [3.63, 3.8) is 0 Å². The van der Waals surface area contributed by atoms with Gasteiger partial charge < -0.3 is 9.47 Å². The summed E-state index contributed by atoms with van der Waals surface area (Å²) >= 11 is 0. The van der Waals surface area contributed by atoms with E-state index in [0.717, 1.165) is 32.7 Å². The minimum absolute atomic E-state index is 0.395. The van der Waals surface area contributed by atoms with Crippen molar-refractivity contribution >= 4 is 0 Å². The van der Waals surface area contributed by atoms with Gasteiger partial charge in [-0.25, -0.2) is 0 Å². The Morgan fingerprint density at radius 3 is 3.00 bits per heavy atom. The van der Waals surface area contributed by atoms with Crippen molar-refractivity contribution in [3.05, 3.63) is 0 Å². The number of hydrogen-bond donors (Lipinski definition) is 0. The van der Waals surface area contributed by atoms with Crippen molar-refractivity contribution < 1.29 is 9.47 Å². The van der Waals surface area contributed by atoms with Crippen LogP contribution in [0.4, 0.5) is 0 Å². The highest BCUT2D eigenvalue weighted by molar-refractivity contribution is 4.76. The van der Waals surface area contributed by atoms with Gasteiger partial charge in [0.25, 0.3) is 0 Å². The molecule has 2 rings (SSSR count). The summed E-state index contributed by atoms with van der Waals surface area (Å²) in [5.74, 6) is 0. The zero-order chi connectivity index (χ0) is 8.39. The summed E-state index contributed by atoms with van der Waals surface area (Å²) in [5.41, 5.74) is 0. The molecule has 3 nitrogen and oxygen atoms in total. The van der Waals surface area contributed by atoms with Crippen LogP contribution in [0.2, 0.25) is 0 Å². The van der Waals surface area contributed by atoms with Crippen molar-refractivity contribution in [2.45, 2.75) is 25.6 Å². The van der Waals surface area contributed by atoms with Gasteiger partial charge in [0.15, 0.2) is 0 Å². The predicted molar refractivity (Wildman–Crippen MR) is 46.2 cm³/mol. The number of ether oxygens (including phenoxy) is 2. The van der Waals surface area contributed by atoms with Gasteiger partial charge >= 0.3 is 0 Å². The highest BCUT2D eigenvalue weighted by Crippen LogP contribution is 2.13. The van der Waals surface area contributed by atoms with Crippen LogP contribution in [0.15, 0.2) is 0 Å². The molecular weight excluding hydrogens is 154 g/mol. The Labute approximate surface area is 73.6 Å². The summed E-state index contributed by atoms with van der Waals surface area (Å²) < 4.78 is 10.8. The van der Waals surface area contributed by atoms with E-state index in [-0.39, 0.29) is 0 Å². The molecule has 0 aromatic carbocycles. The van der Waals surface area contributed by atoms with Crippen LogP contribution in [0.25, 0.3) is 0 Å². The predicted octanol–water partition coefficient (Wildman–Crippen LogP) is 0.496. The van der Waals surface area contributed by atoms with Crippen LogP contribution in [-0.4, -0.2) is 50.0 Å². The molecule has 1 unspecified atom stereocenters. The van der Waals surface area contributed by atoms with Gasteiger partial charge in [0, 0.05) is 26.2 Å². The van der Waals surface area contributed by atoms with Crippen LogP contribution in [0.3, 0.4) is 0 Å². The first-order chi connectivity index (χ1) is 5.84. The number of nitrogens with zero attached hydrogens (tertiary/aromatic N) is 1. The summed E-state index contributed by atoms with van der Waals surface area (Å²) in [5, 5.41) is 0. The molecule has 2 saturated heterocycles. The lowest BCUT2D eigenvalue weighted by Crippen LogP contribution is -2.33. The quantitative estimate of drug-likeness (QED) is 0.565. The van der Waals surface area contributed by atoms with Gasteiger partial charge in [0.2, 0.25) is 0 Å². The van der Waals surface area contributed by atoms with Gasteiger partial charge in [-0.3, -0.25) is 4.90 Å². The van der Waals surface area contributed by atoms with E-state index in [4.69, 9.17) is 9.47 Å². The zero-order valence-electron chi connectivity index (χ0n) is 7.66. The van der Waals surface area contributed by atoms with E-state index in [1.165, 1.54) is 6.54 Å². The molecule has 2 aliphatic heterocycles.